The molecule has 0 aliphatic heterocycles. The summed E-state index contributed by atoms with van der Waals surface area (Å²) in [5.41, 5.74) is 6.87. The summed E-state index contributed by atoms with van der Waals surface area (Å²) < 4.78 is 0. The van der Waals surface area contributed by atoms with E-state index in [1.807, 2.05) is 19.4 Å². The minimum Gasteiger partial charge on any atom is -0.409 e. The lowest BCUT2D eigenvalue weighted by atomic mass is 10.1. The Morgan fingerprint density at radius 2 is 2.47 bits per heavy atom. The molecule has 1 heterocycles. The molecule has 0 radical (unpaired) electrons. The van der Waals surface area contributed by atoms with Gasteiger partial charge in [0.25, 0.3) is 0 Å². The average molecular weight is 227 g/mol. The first-order valence-electron chi connectivity index (χ1n) is 4.87. The molecule has 1 unspecified atom stereocenters. The Hall–Kier alpha value is -1.07. The van der Waals surface area contributed by atoms with Crippen molar-refractivity contribution in [2.45, 2.75) is 25.9 Å². The van der Waals surface area contributed by atoms with Crippen LogP contribution in [0.1, 0.15) is 18.9 Å². The van der Waals surface area contributed by atoms with E-state index in [2.05, 4.69) is 21.5 Å². The summed E-state index contributed by atoms with van der Waals surface area (Å²) in [5, 5.41) is 15.9. The molecule has 4 nitrogen and oxygen atoms in total. The van der Waals surface area contributed by atoms with E-state index in [0.717, 1.165) is 13.0 Å². The van der Waals surface area contributed by atoms with Crippen LogP contribution in [-0.4, -0.2) is 29.0 Å². The van der Waals surface area contributed by atoms with Crippen molar-refractivity contribution in [3.8, 4) is 0 Å². The maximum Gasteiger partial charge on any atom is 0.156 e. The number of nitrogens with zero attached hydrogens (tertiary/aromatic N) is 2. The Morgan fingerprint density at radius 3 is 2.93 bits per heavy atom. The van der Waals surface area contributed by atoms with E-state index >= 15 is 0 Å². The Balaban J connectivity index is 2.61. The normalized spacial score (nSPS) is 14.5. The van der Waals surface area contributed by atoms with Crippen LogP contribution in [0.2, 0.25) is 0 Å². The van der Waals surface area contributed by atoms with Gasteiger partial charge in [0, 0.05) is 6.54 Å². The number of thiophene rings is 1. The Bertz CT molecular complexity index is 310. The van der Waals surface area contributed by atoms with Crippen molar-refractivity contribution in [1.29, 1.82) is 0 Å². The molecule has 0 fully saturated rings. The van der Waals surface area contributed by atoms with Gasteiger partial charge in [0.1, 0.15) is 0 Å². The van der Waals surface area contributed by atoms with Crippen molar-refractivity contribution in [1.82, 2.24) is 4.90 Å². The van der Waals surface area contributed by atoms with Crippen molar-refractivity contribution < 1.29 is 5.21 Å². The third kappa shape index (κ3) is 3.21. The molecule has 0 aromatic carbocycles. The second kappa shape index (κ2) is 5.72. The number of oxime groups is 1. The standard InChI is InChI=1S/C10H17N3OS/c1-3-9(10(11)12-14)13(2)6-8-4-5-15-7-8/h4-5,7,9,14H,3,6H2,1-2H3,(H2,11,12). The van der Waals surface area contributed by atoms with Crippen molar-refractivity contribution in [2.24, 2.45) is 10.9 Å². The first-order chi connectivity index (χ1) is 7.19. The fourth-order valence-electron chi connectivity index (χ4n) is 1.59. The minimum atomic E-state index is -0.00472. The van der Waals surface area contributed by atoms with Gasteiger partial charge in [0.2, 0.25) is 0 Å². The van der Waals surface area contributed by atoms with Gasteiger partial charge in [-0.3, -0.25) is 4.90 Å². The van der Waals surface area contributed by atoms with E-state index in [9.17, 15) is 0 Å². The third-order valence-electron chi connectivity index (χ3n) is 2.39. The summed E-state index contributed by atoms with van der Waals surface area (Å²) in [5.74, 6) is 0.273. The molecule has 1 aromatic rings. The van der Waals surface area contributed by atoms with Crippen LogP contribution in [0.3, 0.4) is 0 Å². The summed E-state index contributed by atoms with van der Waals surface area (Å²) in [7, 11) is 1.98. The summed E-state index contributed by atoms with van der Waals surface area (Å²) in [4.78, 5) is 2.08. The van der Waals surface area contributed by atoms with Crippen molar-refractivity contribution in [3.05, 3.63) is 22.4 Å². The molecular weight excluding hydrogens is 210 g/mol. The van der Waals surface area contributed by atoms with Gasteiger partial charge in [-0.05, 0) is 35.9 Å². The molecule has 3 N–H and O–H groups in total. The van der Waals surface area contributed by atoms with E-state index in [1.165, 1.54) is 5.56 Å². The summed E-state index contributed by atoms with van der Waals surface area (Å²) in [6, 6.07) is 2.08. The lowest BCUT2D eigenvalue weighted by Crippen LogP contribution is -2.41. The summed E-state index contributed by atoms with van der Waals surface area (Å²) in [6.45, 7) is 2.84. The first kappa shape index (κ1) is 12.0. The molecule has 1 atom stereocenters. The van der Waals surface area contributed by atoms with E-state index in [0.29, 0.717) is 0 Å². The van der Waals surface area contributed by atoms with Gasteiger partial charge in [0.05, 0.1) is 6.04 Å². The Labute approximate surface area is 94.0 Å². The van der Waals surface area contributed by atoms with Crippen LogP contribution in [0.4, 0.5) is 0 Å². The van der Waals surface area contributed by atoms with Crippen LogP contribution in [-0.2, 0) is 6.54 Å². The smallest absolute Gasteiger partial charge is 0.156 e. The number of hydrogen-bond donors (Lipinski definition) is 2. The average Bonchev–Trinajstić information content (AvgIpc) is 2.71. The van der Waals surface area contributed by atoms with Gasteiger partial charge < -0.3 is 10.9 Å². The van der Waals surface area contributed by atoms with Crippen molar-refractivity contribution in [2.75, 3.05) is 7.05 Å². The maximum atomic E-state index is 8.65. The quantitative estimate of drug-likeness (QED) is 0.348. The number of likely N-dealkylation sites (N-methyl/N-ethyl adjacent to an activating group) is 1. The lowest BCUT2D eigenvalue weighted by molar-refractivity contribution is 0.264. The predicted molar refractivity (Wildman–Crippen MR) is 63.3 cm³/mol. The zero-order valence-electron chi connectivity index (χ0n) is 9.05. The van der Waals surface area contributed by atoms with Gasteiger partial charge in [-0.15, -0.1) is 0 Å². The molecule has 0 saturated carbocycles. The zero-order valence-corrected chi connectivity index (χ0v) is 9.87. The van der Waals surface area contributed by atoms with Crippen LogP contribution in [0.25, 0.3) is 0 Å². The predicted octanol–water partition coefficient (Wildman–Crippen LogP) is 1.70. The van der Waals surface area contributed by atoms with Crippen LogP contribution >= 0.6 is 11.3 Å². The molecule has 0 aliphatic rings. The molecule has 84 valence electrons. The summed E-state index contributed by atoms with van der Waals surface area (Å²) >= 11 is 1.68. The number of hydrogen-bond acceptors (Lipinski definition) is 4. The minimum absolute atomic E-state index is 0.00472. The highest BCUT2D eigenvalue weighted by Crippen LogP contribution is 2.11. The van der Waals surface area contributed by atoms with Crippen molar-refractivity contribution >= 4 is 17.2 Å². The van der Waals surface area contributed by atoms with E-state index < -0.39 is 0 Å². The lowest BCUT2D eigenvalue weighted by Gasteiger charge is -2.25. The fourth-order valence-corrected chi connectivity index (χ4v) is 2.25. The van der Waals surface area contributed by atoms with E-state index in [1.54, 1.807) is 11.3 Å². The Morgan fingerprint density at radius 1 is 1.73 bits per heavy atom. The molecule has 0 amide bonds. The van der Waals surface area contributed by atoms with Crippen LogP contribution in [0, 0.1) is 0 Å². The molecule has 0 saturated heterocycles. The van der Waals surface area contributed by atoms with Crippen LogP contribution < -0.4 is 5.73 Å². The molecule has 0 aliphatic carbocycles. The molecule has 1 aromatic heterocycles. The number of nitrogens with two attached hydrogens (primary N) is 1. The first-order valence-corrected chi connectivity index (χ1v) is 5.82. The Kier molecular flexibility index (Phi) is 4.58. The molecule has 0 spiro atoms. The van der Waals surface area contributed by atoms with Gasteiger partial charge in [0.15, 0.2) is 5.84 Å². The van der Waals surface area contributed by atoms with Gasteiger partial charge in [-0.1, -0.05) is 12.1 Å². The monoisotopic (exact) mass is 227 g/mol. The van der Waals surface area contributed by atoms with Crippen LogP contribution in [0.15, 0.2) is 22.0 Å². The van der Waals surface area contributed by atoms with Crippen LogP contribution in [0.5, 0.6) is 0 Å². The van der Waals surface area contributed by atoms with Crippen molar-refractivity contribution in [3.63, 3.8) is 0 Å². The van der Waals surface area contributed by atoms with Gasteiger partial charge in [-0.25, -0.2) is 0 Å². The summed E-state index contributed by atoms with van der Waals surface area (Å²) in [6.07, 6.45) is 0.830. The highest BCUT2D eigenvalue weighted by atomic mass is 32.1. The van der Waals surface area contributed by atoms with E-state index in [-0.39, 0.29) is 11.9 Å². The van der Waals surface area contributed by atoms with E-state index in [4.69, 9.17) is 10.9 Å². The molecule has 5 heteroatoms. The zero-order chi connectivity index (χ0) is 11.3. The number of rotatable bonds is 5. The highest BCUT2D eigenvalue weighted by molar-refractivity contribution is 7.07. The second-order valence-electron chi connectivity index (χ2n) is 3.50. The second-order valence-corrected chi connectivity index (χ2v) is 4.28. The maximum absolute atomic E-state index is 8.65. The third-order valence-corrected chi connectivity index (χ3v) is 3.12. The molecular formula is C10H17N3OS. The highest BCUT2D eigenvalue weighted by Gasteiger charge is 2.17. The topological polar surface area (TPSA) is 61.9 Å². The van der Waals surface area contributed by atoms with Gasteiger partial charge >= 0.3 is 0 Å². The number of amidine groups is 1. The molecule has 1 rings (SSSR count). The SMILES string of the molecule is CCC(C(N)=NO)N(C)Cc1ccsc1. The van der Waals surface area contributed by atoms with Gasteiger partial charge in [-0.2, -0.15) is 11.3 Å². The molecule has 15 heavy (non-hydrogen) atoms. The molecule has 0 bridgehead atoms. The largest absolute Gasteiger partial charge is 0.409 e. The fraction of sp³-hybridized carbons (Fsp3) is 0.500.